The number of aliphatic imine (C=N–C) groups is 1. The number of halogens is 2. The molecule has 0 unspecified atom stereocenters. The molecule has 1 fully saturated rings. The van der Waals surface area contributed by atoms with Crippen molar-refractivity contribution < 1.29 is 9.50 Å². The van der Waals surface area contributed by atoms with Gasteiger partial charge in [-0.25, -0.2) is 14.4 Å². The van der Waals surface area contributed by atoms with E-state index in [1.165, 1.54) is 0 Å². The highest BCUT2D eigenvalue weighted by atomic mass is 127. The van der Waals surface area contributed by atoms with Crippen LogP contribution in [-0.2, 0) is 13.1 Å². The molecule has 2 aromatic rings. The van der Waals surface area contributed by atoms with Crippen LogP contribution in [0.15, 0.2) is 28.6 Å². The number of benzene rings is 1. The number of aromatic nitrogens is 1. The fourth-order valence-electron chi connectivity index (χ4n) is 3.45. The van der Waals surface area contributed by atoms with Crippen molar-refractivity contribution in [2.45, 2.75) is 45.9 Å². The van der Waals surface area contributed by atoms with Gasteiger partial charge in [0.25, 0.3) is 0 Å². The first-order valence-corrected chi connectivity index (χ1v) is 11.0. The summed E-state index contributed by atoms with van der Waals surface area (Å²) in [6.45, 7) is 7.22. The Morgan fingerprint density at radius 2 is 2.13 bits per heavy atom. The molecule has 0 radical (unpaired) electrons. The largest absolute Gasteiger partial charge is 0.393 e. The molecule has 3 rings (SSSR count). The van der Waals surface area contributed by atoms with Gasteiger partial charge in [-0.05, 0) is 44.4 Å². The summed E-state index contributed by atoms with van der Waals surface area (Å²) in [5, 5.41) is 16.0. The van der Waals surface area contributed by atoms with Crippen molar-refractivity contribution in [3.63, 3.8) is 0 Å². The maximum atomic E-state index is 14.7. The molecule has 0 spiro atoms. The van der Waals surface area contributed by atoms with E-state index in [9.17, 15) is 9.50 Å². The molecule has 1 aromatic carbocycles. The van der Waals surface area contributed by atoms with Gasteiger partial charge in [-0.3, -0.25) is 0 Å². The maximum Gasteiger partial charge on any atom is 0.194 e. The van der Waals surface area contributed by atoms with Crippen molar-refractivity contribution in [1.29, 1.82) is 0 Å². The molecule has 2 heterocycles. The quantitative estimate of drug-likeness (QED) is 0.328. The summed E-state index contributed by atoms with van der Waals surface area (Å²) in [4.78, 5) is 13.2. The lowest BCUT2D eigenvalue weighted by molar-refractivity contribution is 0.145. The Balaban J connectivity index is 0.00000320. The molecule has 9 heteroatoms. The molecule has 30 heavy (non-hydrogen) atoms. The number of hydrogen-bond acceptors (Lipinski definition) is 5. The molecule has 1 saturated heterocycles. The minimum atomic E-state index is -0.266. The van der Waals surface area contributed by atoms with Gasteiger partial charge in [0.15, 0.2) is 5.96 Å². The summed E-state index contributed by atoms with van der Waals surface area (Å²) in [6.07, 6.45) is 1.10. The van der Waals surface area contributed by atoms with Crippen molar-refractivity contribution in [1.82, 2.24) is 15.2 Å². The first kappa shape index (κ1) is 24.8. The smallest absolute Gasteiger partial charge is 0.194 e. The van der Waals surface area contributed by atoms with Gasteiger partial charge in [0.1, 0.15) is 5.82 Å². The second kappa shape index (κ2) is 11.8. The molecule has 2 N–H and O–H groups in total. The number of rotatable bonds is 6. The third-order valence-corrected chi connectivity index (χ3v) is 5.81. The molecular weight excluding hydrogens is 516 g/mol. The molecule has 0 aliphatic carbocycles. The minimum Gasteiger partial charge on any atom is -0.393 e. The number of anilines is 1. The molecule has 0 atom stereocenters. The number of aliphatic hydroxyl groups is 1. The molecule has 6 nitrogen and oxygen atoms in total. The molecule has 1 aliphatic rings. The number of aryl methyl sites for hydroxylation is 1. The van der Waals surface area contributed by atoms with Gasteiger partial charge in [-0.15, -0.1) is 35.3 Å². The molecule has 0 amide bonds. The third-order valence-electron chi connectivity index (χ3n) is 4.99. The van der Waals surface area contributed by atoms with E-state index in [0.29, 0.717) is 44.7 Å². The van der Waals surface area contributed by atoms with E-state index in [0.717, 1.165) is 28.8 Å². The van der Waals surface area contributed by atoms with E-state index >= 15 is 0 Å². The summed E-state index contributed by atoms with van der Waals surface area (Å²) in [6, 6.07) is 5.32. The summed E-state index contributed by atoms with van der Waals surface area (Å²) in [7, 11) is 1.98. The number of thiazole rings is 1. The number of guanidine groups is 1. The summed E-state index contributed by atoms with van der Waals surface area (Å²) >= 11 is 1.64. The summed E-state index contributed by atoms with van der Waals surface area (Å²) < 4.78 is 14.7. The second-order valence-corrected chi connectivity index (χ2v) is 8.45. The molecule has 1 aromatic heterocycles. The average Bonchev–Trinajstić information content (AvgIpc) is 3.10. The van der Waals surface area contributed by atoms with Crippen LogP contribution in [0.2, 0.25) is 0 Å². The zero-order valence-electron chi connectivity index (χ0n) is 17.8. The van der Waals surface area contributed by atoms with E-state index in [1.54, 1.807) is 17.4 Å². The monoisotopic (exact) mass is 547 g/mol. The first-order valence-electron chi connectivity index (χ1n) is 10.1. The molecule has 0 saturated carbocycles. The minimum absolute atomic E-state index is 0. The van der Waals surface area contributed by atoms with Crippen LogP contribution >= 0.6 is 35.3 Å². The molecule has 166 valence electrons. The van der Waals surface area contributed by atoms with E-state index in [4.69, 9.17) is 0 Å². The fourth-order valence-corrected chi connectivity index (χ4v) is 4.05. The van der Waals surface area contributed by atoms with Crippen LogP contribution in [0.25, 0.3) is 0 Å². The van der Waals surface area contributed by atoms with Crippen LogP contribution in [0.1, 0.15) is 36.0 Å². The Morgan fingerprint density at radius 3 is 2.73 bits per heavy atom. The fraction of sp³-hybridized carbons (Fsp3) is 0.524. The van der Waals surface area contributed by atoms with Crippen LogP contribution in [0.4, 0.5) is 10.1 Å². The van der Waals surface area contributed by atoms with Crippen LogP contribution in [0, 0.1) is 12.7 Å². The predicted molar refractivity (Wildman–Crippen MR) is 132 cm³/mol. The van der Waals surface area contributed by atoms with Crippen LogP contribution in [-0.4, -0.2) is 53.7 Å². The van der Waals surface area contributed by atoms with Gasteiger partial charge in [-0.1, -0.05) is 6.07 Å². The van der Waals surface area contributed by atoms with Crippen molar-refractivity contribution in [3.05, 3.63) is 45.7 Å². The molecule has 1 aliphatic heterocycles. The number of nitrogens with one attached hydrogen (secondary N) is 1. The Hall–Kier alpha value is -1.46. The Kier molecular flexibility index (Phi) is 9.76. The predicted octanol–water partition coefficient (Wildman–Crippen LogP) is 3.77. The number of nitrogens with zero attached hydrogens (tertiary/aromatic N) is 4. The summed E-state index contributed by atoms with van der Waals surface area (Å²) in [5.74, 6) is 0.540. The maximum absolute atomic E-state index is 14.7. The zero-order chi connectivity index (χ0) is 20.8. The van der Waals surface area contributed by atoms with Gasteiger partial charge >= 0.3 is 0 Å². The first-order chi connectivity index (χ1) is 14.0. The van der Waals surface area contributed by atoms with Crippen molar-refractivity contribution in [2.75, 3.05) is 31.6 Å². The van der Waals surface area contributed by atoms with E-state index in [-0.39, 0.29) is 35.9 Å². The second-order valence-electron chi connectivity index (χ2n) is 7.39. The average molecular weight is 547 g/mol. The zero-order valence-corrected chi connectivity index (χ0v) is 20.9. The highest BCUT2D eigenvalue weighted by Crippen LogP contribution is 2.24. The third kappa shape index (κ3) is 6.78. The molecule has 0 bridgehead atoms. The number of aliphatic hydroxyl groups excluding tert-OH is 1. The Morgan fingerprint density at radius 1 is 1.40 bits per heavy atom. The normalized spacial score (nSPS) is 15.1. The van der Waals surface area contributed by atoms with Crippen LogP contribution in [0.3, 0.4) is 0 Å². The van der Waals surface area contributed by atoms with Crippen LogP contribution in [0.5, 0.6) is 0 Å². The van der Waals surface area contributed by atoms with Crippen molar-refractivity contribution in [3.8, 4) is 0 Å². The van der Waals surface area contributed by atoms with E-state index in [1.807, 2.05) is 42.8 Å². The van der Waals surface area contributed by atoms with Gasteiger partial charge in [0.05, 0.1) is 35.6 Å². The number of piperidine rings is 1. The van der Waals surface area contributed by atoms with E-state index in [2.05, 4.69) is 20.7 Å². The standard InChI is InChI=1S/C21H30FN5OS.HI/c1-4-23-21(26(3)13-17-14-29-15(2)25-17)24-12-16-5-6-20(19(22)11-16)27-9-7-18(28)8-10-27;/h5-6,11,14,18,28H,4,7-10,12-13H2,1-3H3,(H,23,24);1H. The Bertz CT molecular complexity index is 839. The van der Waals surface area contributed by atoms with Gasteiger partial charge < -0.3 is 20.2 Å². The summed E-state index contributed by atoms with van der Waals surface area (Å²) in [5.41, 5.74) is 2.45. The van der Waals surface area contributed by atoms with Gasteiger partial charge in [-0.2, -0.15) is 0 Å². The van der Waals surface area contributed by atoms with E-state index < -0.39 is 0 Å². The SMILES string of the molecule is CCNC(=NCc1ccc(N2CCC(O)CC2)c(F)c1)N(C)Cc1csc(C)n1.I. The topological polar surface area (TPSA) is 64.0 Å². The highest BCUT2D eigenvalue weighted by molar-refractivity contribution is 14.0. The molecular formula is C21H31FIN5OS. The van der Waals surface area contributed by atoms with Crippen molar-refractivity contribution >= 4 is 47.0 Å². The Labute approximate surface area is 199 Å². The van der Waals surface area contributed by atoms with Gasteiger partial charge in [0, 0.05) is 32.1 Å². The lowest BCUT2D eigenvalue weighted by atomic mass is 10.1. The highest BCUT2D eigenvalue weighted by Gasteiger charge is 2.19. The lowest BCUT2D eigenvalue weighted by Crippen LogP contribution is -2.38. The van der Waals surface area contributed by atoms with Crippen LogP contribution < -0.4 is 10.2 Å². The lowest BCUT2D eigenvalue weighted by Gasteiger charge is -2.31. The van der Waals surface area contributed by atoms with Crippen molar-refractivity contribution in [2.24, 2.45) is 4.99 Å². The number of hydrogen-bond donors (Lipinski definition) is 2. The van der Waals surface area contributed by atoms with Gasteiger partial charge in [0.2, 0.25) is 0 Å².